The number of thioether (sulfide) groups is 1. The van der Waals surface area contributed by atoms with Gasteiger partial charge in [0.2, 0.25) is 18.6 Å². The molecule has 1 atom stereocenters. The van der Waals surface area contributed by atoms with Gasteiger partial charge in [0.1, 0.15) is 6.04 Å². The molecule has 0 saturated carbocycles. The average Bonchev–Trinajstić information content (AvgIpc) is 3.17. The molecule has 1 aliphatic rings. The first-order valence-corrected chi connectivity index (χ1v) is 9.71. The molecule has 0 bridgehead atoms. The number of carbonyl (C=O) groups excluding carboxylic acids is 2. The van der Waals surface area contributed by atoms with E-state index in [1.807, 2.05) is 6.07 Å². The number of rotatable bonds is 8. The first-order valence-electron chi connectivity index (χ1n) is 8.73. The lowest BCUT2D eigenvalue weighted by Crippen LogP contribution is -2.47. The van der Waals surface area contributed by atoms with Crippen molar-refractivity contribution in [2.75, 3.05) is 12.5 Å². The van der Waals surface area contributed by atoms with E-state index in [2.05, 4.69) is 10.6 Å². The standard InChI is InChI=1S/C19H19N3O6S/c1-12(23)21-16(10-29-15-4-2-3-14(8-15)22(25)26)19(24)20-9-13-5-6-17-18(7-13)28-11-27-17/h2-8,16H,9-11H2,1H3,(H,20,24)(H,21,23). The van der Waals surface area contributed by atoms with E-state index in [4.69, 9.17) is 9.47 Å². The van der Waals surface area contributed by atoms with Crippen LogP contribution in [0.25, 0.3) is 0 Å². The van der Waals surface area contributed by atoms with E-state index in [0.29, 0.717) is 16.4 Å². The molecule has 29 heavy (non-hydrogen) atoms. The molecule has 1 unspecified atom stereocenters. The molecule has 0 saturated heterocycles. The van der Waals surface area contributed by atoms with E-state index in [9.17, 15) is 19.7 Å². The summed E-state index contributed by atoms with van der Waals surface area (Å²) < 4.78 is 10.6. The normalized spacial score (nSPS) is 12.9. The predicted molar refractivity (Wildman–Crippen MR) is 106 cm³/mol. The molecule has 2 aromatic carbocycles. The Morgan fingerprint density at radius 2 is 2.00 bits per heavy atom. The summed E-state index contributed by atoms with van der Waals surface area (Å²) in [6.45, 7) is 1.76. The third-order valence-corrected chi connectivity index (χ3v) is 5.13. The minimum atomic E-state index is -0.786. The molecule has 2 aromatic rings. The van der Waals surface area contributed by atoms with Crippen LogP contribution in [0.3, 0.4) is 0 Å². The molecular formula is C19H19N3O6S. The third-order valence-electron chi connectivity index (χ3n) is 4.04. The molecule has 0 spiro atoms. The summed E-state index contributed by atoms with van der Waals surface area (Å²) in [5.41, 5.74) is 0.800. The van der Waals surface area contributed by atoms with Gasteiger partial charge in [0, 0.05) is 36.2 Å². The van der Waals surface area contributed by atoms with Crippen molar-refractivity contribution in [2.24, 2.45) is 0 Å². The lowest BCUT2D eigenvalue weighted by atomic mass is 10.2. The fraction of sp³-hybridized carbons (Fsp3) is 0.263. The topological polar surface area (TPSA) is 120 Å². The van der Waals surface area contributed by atoms with Crippen LogP contribution in [0.2, 0.25) is 0 Å². The highest BCUT2D eigenvalue weighted by molar-refractivity contribution is 7.99. The number of fused-ring (bicyclic) bond motifs is 1. The molecule has 3 rings (SSSR count). The highest BCUT2D eigenvalue weighted by atomic mass is 32.2. The lowest BCUT2D eigenvalue weighted by Gasteiger charge is -2.17. The number of nitro groups is 1. The first-order chi connectivity index (χ1) is 13.9. The van der Waals surface area contributed by atoms with Gasteiger partial charge in [0.25, 0.3) is 5.69 Å². The maximum absolute atomic E-state index is 12.6. The van der Waals surface area contributed by atoms with Gasteiger partial charge in [-0.25, -0.2) is 0 Å². The molecule has 9 nitrogen and oxygen atoms in total. The number of nitrogens with one attached hydrogen (secondary N) is 2. The van der Waals surface area contributed by atoms with Crippen molar-refractivity contribution in [1.82, 2.24) is 10.6 Å². The number of hydrogen-bond acceptors (Lipinski definition) is 7. The number of hydrogen-bond donors (Lipinski definition) is 2. The van der Waals surface area contributed by atoms with Crippen molar-refractivity contribution in [3.8, 4) is 11.5 Å². The van der Waals surface area contributed by atoms with Crippen LogP contribution < -0.4 is 20.1 Å². The van der Waals surface area contributed by atoms with Gasteiger partial charge in [-0.1, -0.05) is 12.1 Å². The summed E-state index contributed by atoms with van der Waals surface area (Å²) >= 11 is 1.25. The number of nitro benzene ring substituents is 1. The minimum Gasteiger partial charge on any atom is -0.454 e. The summed E-state index contributed by atoms with van der Waals surface area (Å²) in [4.78, 5) is 35.1. The summed E-state index contributed by atoms with van der Waals surface area (Å²) in [5, 5.41) is 16.3. The van der Waals surface area contributed by atoms with Crippen LogP contribution in [0.5, 0.6) is 11.5 Å². The molecule has 0 radical (unpaired) electrons. The molecule has 2 N–H and O–H groups in total. The maximum Gasteiger partial charge on any atom is 0.270 e. The number of ether oxygens (including phenoxy) is 2. The highest BCUT2D eigenvalue weighted by Crippen LogP contribution is 2.32. The zero-order valence-electron chi connectivity index (χ0n) is 15.5. The summed E-state index contributed by atoms with van der Waals surface area (Å²) in [6.07, 6.45) is 0. The van der Waals surface area contributed by atoms with E-state index in [-0.39, 0.29) is 36.6 Å². The molecule has 152 valence electrons. The highest BCUT2D eigenvalue weighted by Gasteiger charge is 2.21. The van der Waals surface area contributed by atoms with Crippen LogP contribution in [0.15, 0.2) is 47.4 Å². The Kier molecular flexibility index (Phi) is 6.55. The van der Waals surface area contributed by atoms with Gasteiger partial charge in [-0.15, -0.1) is 11.8 Å². The maximum atomic E-state index is 12.6. The second kappa shape index (κ2) is 9.28. The second-order valence-electron chi connectivity index (χ2n) is 6.22. The Labute approximate surface area is 170 Å². The molecule has 1 heterocycles. The van der Waals surface area contributed by atoms with Gasteiger partial charge in [-0.3, -0.25) is 19.7 Å². The third kappa shape index (κ3) is 5.61. The van der Waals surface area contributed by atoms with Gasteiger partial charge in [-0.05, 0) is 23.8 Å². The Hall–Kier alpha value is -3.27. The molecule has 10 heteroatoms. The van der Waals surface area contributed by atoms with Crippen LogP contribution >= 0.6 is 11.8 Å². The van der Waals surface area contributed by atoms with Gasteiger partial charge in [0.05, 0.1) is 4.92 Å². The molecular weight excluding hydrogens is 398 g/mol. The van der Waals surface area contributed by atoms with E-state index in [1.54, 1.807) is 24.3 Å². The first kappa shape index (κ1) is 20.5. The lowest BCUT2D eigenvalue weighted by molar-refractivity contribution is -0.385. The predicted octanol–water partition coefficient (Wildman–Crippen LogP) is 2.24. The smallest absolute Gasteiger partial charge is 0.270 e. The molecule has 0 aliphatic carbocycles. The summed E-state index contributed by atoms with van der Waals surface area (Å²) in [7, 11) is 0. The number of non-ortho nitro benzene ring substituents is 1. The molecule has 0 aromatic heterocycles. The van der Waals surface area contributed by atoms with Crippen LogP contribution in [-0.2, 0) is 16.1 Å². The Bertz CT molecular complexity index is 936. The Balaban J connectivity index is 1.60. The quantitative estimate of drug-likeness (QED) is 0.384. The number of carbonyl (C=O) groups is 2. The van der Waals surface area contributed by atoms with E-state index >= 15 is 0 Å². The monoisotopic (exact) mass is 417 g/mol. The molecule has 2 amide bonds. The van der Waals surface area contributed by atoms with Gasteiger partial charge in [-0.2, -0.15) is 0 Å². The van der Waals surface area contributed by atoms with Crippen LogP contribution in [-0.4, -0.2) is 35.3 Å². The van der Waals surface area contributed by atoms with Crippen molar-refractivity contribution in [3.05, 3.63) is 58.1 Å². The SMILES string of the molecule is CC(=O)NC(CSc1cccc([N+](=O)[O-])c1)C(=O)NCc1ccc2c(c1)OCO2. The summed E-state index contributed by atoms with van der Waals surface area (Å²) in [6, 6.07) is 10.7. The minimum absolute atomic E-state index is 0.0293. The summed E-state index contributed by atoms with van der Waals surface area (Å²) in [5.74, 6) is 0.817. The Morgan fingerprint density at radius 1 is 1.21 bits per heavy atom. The number of benzene rings is 2. The van der Waals surface area contributed by atoms with E-state index < -0.39 is 11.0 Å². The number of nitrogens with zero attached hydrogens (tertiary/aromatic N) is 1. The van der Waals surface area contributed by atoms with Gasteiger partial charge < -0.3 is 20.1 Å². The van der Waals surface area contributed by atoms with E-state index in [1.165, 1.54) is 30.8 Å². The Morgan fingerprint density at radius 3 is 2.76 bits per heavy atom. The van der Waals surface area contributed by atoms with Gasteiger partial charge in [0.15, 0.2) is 11.5 Å². The van der Waals surface area contributed by atoms with Crippen LogP contribution in [0, 0.1) is 10.1 Å². The van der Waals surface area contributed by atoms with Gasteiger partial charge >= 0.3 is 0 Å². The zero-order chi connectivity index (χ0) is 20.8. The largest absolute Gasteiger partial charge is 0.454 e. The van der Waals surface area contributed by atoms with Crippen molar-refractivity contribution in [1.29, 1.82) is 0 Å². The van der Waals surface area contributed by atoms with Crippen LogP contribution in [0.4, 0.5) is 5.69 Å². The van der Waals surface area contributed by atoms with Crippen molar-refractivity contribution in [2.45, 2.75) is 24.4 Å². The molecule has 0 fully saturated rings. The fourth-order valence-electron chi connectivity index (χ4n) is 2.66. The van der Waals surface area contributed by atoms with Crippen molar-refractivity contribution >= 4 is 29.3 Å². The second-order valence-corrected chi connectivity index (χ2v) is 7.32. The average molecular weight is 417 g/mol. The zero-order valence-corrected chi connectivity index (χ0v) is 16.4. The molecule has 1 aliphatic heterocycles. The van der Waals surface area contributed by atoms with Crippen molar-refractivity contribution < 1.29 is 24.0 Å². The van der Waals surface area contributed by atoms with E-state index in [0.717, 1.165) is 5.56 Å². The fourth-order valence-corrected chi connectivity index (χ4v) is 3.63. The van der Waals surface area contributed by atoms with Crippen LogP contribution in [0.1, 0.15) is 12.5 Å². The number of amides is 2. The van der Waals surface area contributed by atoms with Crippen molar-refractivity contribution in [3.63, 3.8) is 0 Å².